The quantitative estimate of drug-likeness (QED) is 0.638. The lowest BCUT2D eigenvalue weighted by Gasteiger charge is -2.20. The molecule has 0 saturated heterocycles. The van der Waals surface area contributed by atoms with Crippen molar-refractivity contribution in [1.82, 2.24) is 0 Å². The van der Waals surface area contributed by atoms with Crippen molar-refractivity contribution in [1.29, 1.82) is 0 Å². The molecular weight excluding hydrogens is 326 g/mol. The van der Waals surface area contributed by atoms with Gasteiger partial charge in [-0.1, -0.05) is 48.0 Å². The van der Waals surface area contributed by atoms with E-state index < -0.39 is 16.4 Å². The Morgan fingerprint density at radius 3 is 2.22 bits per heavy atom. The highest BCUT2D eigenvalue weighted by molar-refractivity contribution is 7.65. The van der Waals surface area contributed by atoms with Crippen molar-refractivity contribution in [2.24, 2.45) is 0 Å². The summed E-state index contributed by atoms with van der Waals surface area (Å²) in [5.74, 6) is 0. The van der Waals surface area contributed by atoms with E-state index in [0.717, 1.165) is 11.5 Å². The van der Waals surface area contributed by atoms with E-state index >= 15 is 0 Å². The van der Waals surface area contributed by atoms with Gasteiger partial charge in [0.1, 0.15) is 0 Å². The van der Waals surface area contributed by atoms with Crippen molar-refractivity contribution in [2.75, 3.05) is 6.61 Å². The van der Waals surface area contributed by atoms with E-state index in [4.69, 9.17) is 8.83 Å². The van der Waals surface area contributed by atoms with E-state index in [-0.39, 0.29) is 0 Å². The minimum absolute atomic E-state index is 0.401. The molecule has 3 nitrogen and oxygen atoms in total. The average molecular weight is 350 g/mol. The Bertz CT molecular complexity index is 648. The van der Waals surface area contributed by atoms with Crippen LogP contribution in [0.3, 0.4) is 0 Å². The molecular formula is C18H24O3P2. The molecule has 2 unspecified atom stereocenters. The van der Waals surface area contributed by atoms with Crippen molar-refractivity contribution >= 4 is 21.7 Å². The Balaban J connectivity index is 2.30. The molecule has 0 aliphatic carbocycles. The molecule has 0 aliphatic heterocycles. The number of rotatable bonds is 7. The molecule has 0 bridgehead atoms. The molecule has 0 N–H and O–H groups in total. The molecule has 0 aromatic heterocycles. The monoisotopic (exact) mass is 350 g/mol. The third kappa shape index (κ3) is 5.26. The second-order valence-corrected chi connectivity index (χ2v) is 8.63. The van der Waals surface area contributed by atoms with E-state index in [1.807, 2.05) is 37.3 Å². The Morgan fingerprint density at radius 2 is 1.65 bits per heavy atom. The molecule has 0 saturated carbocycles. The summed E-state index contributed by atoms with van der Waals surface area (Å²) in [6.45, 7) is 8.58. The van der Waals surface area contributed by atoms with Gasteiger partial charge >= 0.3 is 8.25 Å². The van der Waals surface area contributed by atoms with Crippen LogP contribution in [-0.2, 0) is 19.6 Å². The van der Waals surface area contributed by atoms with Crippen LogP contribution < -0.4 is 5.30 Å². The highest BCUT2D eigenvalue weighted by atomic mass is 31.2. The van der Waals surface area contributed by atoms with E-state index in [1.165, 1.54) is 22.3 Å². The first-order chi connectivity index (χ1) is 11.0. The Kier molecular flexibility index (Phi) is 6.99. The first-order valence-corrected chi connectivity index (χ1v) is 10.4. The van der Waals surface area contributed by atoms with Crippen molar-refractivity contribution in [3.8, 4) is 0 Å². The summed E-state index contributed by atoms with van der Waals surface area (Å²) < 4.78 is 23.0. The second-order valence-electron chi connectivity index (χ2n) is 5.52. The Morgan fingerprint density at radius 1 is 1.04 bits per heavy atom. The normalized spacial score (nSPS) is 13.7. The molecule has 5 heteroatoms. The molecule has 124 valence electrons. The van der Waals surface area contributed by atoms with E-state index in [9.17, 15) is 4.57 Å². The van der Waals surface area contributed by atoms with Gasteiger partial charge in [-0.2, -0.15) is 0 Å². The van der Waals surface area contributed by atoms with Crippen LogP contribution in [-0.4, -0.2) is 6.61 Å². The van der Waals surface area contributed by atoms with Crippen molar-refractivity contribution in [3.05, 3.63) is 64.7 Å². The van der Waals surface area contributed by atoms with Crippen LogP contribution in [0.15, 0.2) is 42.5 Å². The van der Waals surface area contributed by atoms with Crippen LogP contribution in [0.1, 0.15) is 29.2 Å². The van der Waals surface area contributed by atoms with Crippen LogP contribution in [0.2, 0.25) is 0 Å². The van der Waals surface area contributed by atoms with Crippen molar-refractivity contribution in [2.45, 2.75) is 33.9 Å². The van der Waals surface area contributed by atoms with Gasteiger partial charge in [-0.25, -0.2) is 0 Å². The maximum atomic E-state index is 12.0. The zero-order valence-corrected chi connectivity index (χ0v) is 16.0. The fourth-order valence-corrected chi connectivity index (χ4v) is 5.93. The van der Waals surface area contributed by atoms with Crippen LogP contribution in [0.25, 0.3) is 0 Å². The van der Waals surface area contributed by atoms with E-state index in [0.29, 0.717) is 6.61 Å². The average Bonchev–Trinajstić information content (AvgIpc) is 2.50. The number of aryl methyl sites for hydroxylation is 3. The molecule has 2 rings (SSSR count). The third-order valence-corrected chi connectivity index (χ3v) is 7.11. The summed E-state index contributed by atoms with van der Waals surface area (Å²) in [5, 5.41) is 1.08. The molecule has 0 fully saturated rings. The summed E-state index contributed by atoms with van der Waals surface area (Å²) in [6.07, 6.45) is 0.751. The summed E-state index contributed by atoms with van der Waals surface area (Å²) in [7, 11) is -3.48. The predicted molar refractivity (Wildman–Crippen MR) is 99.1 cm³/mol. The van der Waals surface area contributed by atoms with E-state index in [2.05, 4.69) is 32.9 Å². The fraction of sp³-hybridized carbons (Fsp3) is 0.333. The van der Waals surface area contributed by atoms with Gasteiger partial charge in [0.2, 0.25) is 0 Å². The van der Waals surface area contributed by atoms with Gasteiger partial charge in [0, 0.05) is 11.5 Å². The molecule has 0 aliphatic rings. The van der Waals surface area contributed by atoms with Gasteiger partial charge in [0.15, 0.2) is 0 Å². The highest BCUT2D eigenvalue weighted by Crippen LogP contribution is 2.49. The number of hydrogen-bond acceptors (Lipinski definition) is 3. The lowest BCUT2D eigenvalue weighted by molar-refractivity contribution is 0.309. The molecule has 23 heavy (non-hydrogen) atoms. The molecule has 0 radical (unpaired) electrons. The topological polar surface area (TPSA) is 35.5 Å². The second kappa shape index (κ2) is 8.76. The standard InChI is InChI=1S/C18H24O3P2/c1-5-20-23(19)21-22(17-9-7-6-8-10-17)13-18-15(3)11-14(2)12-16(18)4/h6-12,23H,5,13H2,1-4H3. The summed E-state index contributed by atoms with van der Waals surface area (Å²) in [4.78, 5) is 0. The smallest absolute Gasteiger partial charge is 0.311 e. The molecule has 2 aromatic carbocycles. The first kappa shape index (κ1) is 18.4. The minimum Gasteiger partial charge on any atom is -0.311 e. The zero-order chi connectivity index (χ0) is 16.8. The van der Waals surface area contributed by atoms with Gasteiger partial charge in [0.25, 0.3) is 0 Å². The number of hydrogen-bond donors (Lipinski definition) is 0. The van der Waals surface area contributed by atoms with Gasteiger partial charge in [-0.05, 0) is 44.4 Å². The third-order valence-electron chi connectivity index (χ3n) is 3.63. The van der Waals surface area contributed by atoms with E-state index in [1.54, 1.807) is 0 Å². The lowest BCUT2D eigenvalue weighted by Crippen LogP contribution is -2.05. The fourth-order valence-electron chi connectivity index (χ4n) is 2.61. The zero-order valence-electron chi connectivity index (χ0n) is 14.1. The van der Waals surface area contributed by atoms with Gasteiger partial charge < -0.3 is 4.52 Å². The molecule has 2 atom stereocenters. The Labute approximate surface area is 140 Å². The maximum absolute atomic E-state index is 12.0. The maximum Gasteiger partial charge on any atom is 0.322 e. The minimum atomic E-state index is -2.46. The number of benzene rings is 2. The largest absolute Gasteiger partial charge is 0.322 e. The Hall–Kier alpha value is -0.980. The van der Waals surface area contributed by atoms with Crippen LogP contribution in [0.5, 0.6) is 0 Å². The van der Waals surface area contributed by atoms with Crippen LogP contribution in [0.4, 0.5) is 0 Å². The summed E-state index contributed by atoms with van der Waals surface area (Å²) in [6, 6.07) is 14.4. The highest BCUT2D eigenvalue weighted by Gasteiger charge is 2.19. The first-order valence-electron chi connectivity index (χ1n) is 7.75. The molecule has 2 aromatic rings. The summed E-state index contributed by atoms with van der Waals surface area (Å²) in [5.41, 5.74) is 5.05. The lowest BCUT2D eigenvalue weighted by atomic mass is 10.0. The SMILES string of the molecule is CCO[PH](=O)OP(Cc1c(C)cc(C)cc1C)c1ccccc1. The van der Waals surface area contributed by atoms with Crippen molar-refractivity contribution in [3.63, 3.8) is 0 Å². The molecule has 0 spiro atoms. The summed E-state index contributed by atoms with van der Waals surface area (Å²) >= 11 is 0. The van der Waals surface area contributed by atoms with Crippen LogP contribution >= 0.6 is 16.4 Å². The van der Waals surface area contributed by atoms with Gasteiger partial charge in [-0.3, -0.25) is 8.88 Å². The molecule has 0 heterocycles. The predicted octanol–water partition coefficient (Wildman–Crippen LogP) is 5.28. The van der Waals surface area contributed by atoms with Gasteiger partial charge in [0.05, 0.1) is 14.8 Å². The van der Waals surface area contributed by atoms with Gasteiger partial charge in [-0.15, -0.1) is 0 Å². The van der Waals surface area contributed by atoms with Crippen LogP contribution in [0, 0.1) is 20.8 Å². The molecule has 0 amide bonds. The van der Waals surface area contributed by atoms with Crippen molar-refractivity contribution < 1.29 is 13.4 Å².